The van der Waals surface area contributed by atoms with E-state index in [4.69, 9.17) is 0 Å². The van der Waals surface area contributed by atoms with E-state index >= 15 is 0 Å². The fraction of sp³-hybridized carbons (Fsp3) is 0.958. The minimum Gasteiger partial charge on any atom is -0.289 e. The van der Waals surface area contributed by atoms with E-state index in [1.807, 2.05) is 12.1 Å². The molecule has 0 rings (SSSR count). The summed E-state index contributed by atoms with van der Waals surface area (Å²) in [6.07, 6.45) is 25.2. The van der Waals surface area contributed by atoms with Crippen LogP contribution in [-0.2, 0) is 4.79 Å². The van der Waals surface area contributed by atoms with Crippen LogP contribution >= 0.6 is 0 Å². The number of rotatable bonds is 21. The van der Waals surface area contributed by atoms with E-state index in [2.05, 4.69) is 19.3 Å². The molecule has 0 aromatic rings. The lowest BCUT2D eigenvalue weighted by atomic mass is 10.0. The van der Waals surface area contributed by atoms with Gasteiger partial charge in [-0.25, -0.2) is 5.01 Å². The Labute approximate surface area is 171 Å². The minimum absolute atomic E-state index is 0.173. The molecular formula is C24H50N2O. The number of nitrogens with one attached hydrogen (secondary N) is 1. The molecule has 0 aromatic carbocycles. The van der Waals surface area contributed by atoms with Crippen LogP contribution in [0.5, 0.6) is 0 Å². The Bertz CT molecular complexity index is 307. The number of hydrogen-bond acceptors (Lipinski definition) is 2. The number of carbonyl (C=O) groups is 1. The first-order valence-corrected chi connectivity index (χ1v) is 12.2. The SMILES string of the molecule is CCCCCCCCCCCCCCCCCCCC(=O)NN(C)CCC. The molecule has 0 radical (unpaired) electrons. The van der Waals surface area contributed by atoms with Crippen LogP contribution < -0.4 is 5.43 Å². The van der Waals surface area contributed by atoms with Gasteiger partial charge >= 0.3 is 0 Å². The van der Waals surface area contributed by atoms with Crippen LogP contribution in [0, 0.1) is 0 Å². The third-order valence-corrected chi connectivity index (χ3v) is 5.38. The van der Waals surface area contributed by atoms with Gasteiger partial charge in [-0.2, -0.15) is 0 Å². The van der Waals surface area contributed by atoms with Gasteiger partial charge in [-0.3, -0.25) is 10.2 Å². The molecule has 0 aromatic heterocycles. The molecule has 0 spiro atoms. The Morgan fingerprint density at radius 1 is 0.593 bits per heavy atom. The lowest BCUT2D eigenvalue weighted by molar-refractivity contribution is -0.125. The third kappa shape index (κ3) is 21.6. The average Bonchev–Trinajstić information content (AvgIpc) is 2.64. The Morgan fingerprint density at radius 3 is 1.33 bits per heavy atom. The fourth-order valence-electron chi connectivity index (χ4n) is 3.67. The second kappa shape index (κ2) is 21.7. The maximum absolute atomic E-state index is 11.7. The molecule has 162 valence electrons. The number of amides is 1. The van der Waals surface area contributed by atoms with Crippen molar-refractivity contribution in [3.8, 4) is 0 Å². The summed E-state index contributed by atoms with van der Waals surface area (Å²) in [7, 11) is 1.94. The molecule has 0 fully saturated rings. The topological polar surface area (TPSA) is 32.3 Å². The first kappa shape index (κ1) is 26.4. The zero-order chi connectivity index (χ0) is 20.0. The second-order valence-corrected chi connectivity index (χ2v) is 8.36. The molecule has 1 amide bonds. The number of hydrogen-bond donors (Lipinski definition) is 1. The Kier molecular flexibility index (Phi) is 21.3. The Hall–Kier alpha value is -0.570. The van der Waals surface area contributed by atoms with Gasteiger partial charge in [0.2, 0.25) is 5.91 Å². The third-order valence-electron chi connectivity index (χ3n) is 5.38. The van der Waals surface area contributed by atoms with Crippen LogP contribution in [-0.4, -0.2) is 24.5 Å². The van der Waals surface area contributed by atoms with E-state index < -0.39 is 0 Å². The van der Waals surface area contributed by atoms with Crippen molar-refractivity contribution in [1.82, 2.24) is 10.4 Å². The van der Waals surface area contributed by atoms with Gasteiger partial charge in [-0.1, -0.05) is 117 Å². The molecule has 3 nitrogen and oxygen atoms in total. The molecule has 3 heteroatoms. The number of nitrogens with zero attached hydrogens (tertiary/aromatic N) is 1. The van der Waals surface area contributed by atoms with Crippen molar-refractivity contribution >= 4 is 5.91 Å². The van der Waals surface area contributed by atoms with Gasteiger partial charge in [0.15, 0.2) is 0 Å². The summed E-state index contributed by atoms with van der Waals surface area (Å²) < 4.78 is 0. The zero-order valence-corrected chi connectivity index (χ0v) is 19.0. The van der Waals surface area contributed by atoms with Crippen molar-refractivity contribution in [1.29, 1.82) is 0 Å². The summed E-state index contributed by atoms with van der Waals surface area (Å²) in [5.74, 6) is 0.173. The van der Waals surface area contributed by atoms with Crippen molar-refractivity contribution in [2.75, 3.05) is 13.6 Å². The number of hydrazine groups is 1. The maximum Gasteiger partial charge on any atom is 0.234 e. The smallest absolute Gasteiger partial charge is 0.234 e. The maximum atomic E-state index is 11.7. The lowest BCUT2D eigenvalue weighted by Crippen LogP contribution is -2.39. The summed E-state index contributed by atoms with van der Waals surface area (Å²) in [4.78, 5) is 11.7. The van der Waals surface area contributed by atoms with Crippen LogP contribution in [0.15, 0.2) is 0 Å². The standard InChI is InChI=1S/C24H50N2O/c1-4-6-7-8-9-10-11-12-13-14-15-16-17-18-19-20-21-22-24(27)25-26(3)23-5-2/h4-23H2,1-3H3,(H,25,27). The van der Waals surface area contributed by atoms with Crippen LogP contribution in [0.1, 0.15) is 136 Å². The highest BCUT2D eigenvalue weighted by atomic mass is 16.2. The highest BCUT2D eigenvalue weighted by Crippen LogP contribution is 2.14. The predicted molar refractivity (Wildman–Crippen MR) is 120 cm³/mol. The van der Waals surface area contributed by atoms with Crippen molar-refractivity contribution in [2.24, 2.45) is 0 Å². The van der Waals surface area contributed by atoms with Crippen LogP contribution in [0.25, 0.3) is 0 Å². The van der Waals surface area contributed by atoms with Gasteiger partial charge in [-0.15, -0.1) is 0 Å². The molecule has 0 heterocycles. The zero-order valence-electron chi connectivity index (χ0n) is 19.0. The highest BCUT2D eigenvalue weighted by molar-refractivity contribution is 5.75. The highest BCUT2D eigenvalue weighted by Gasteiger charge is 2.03. The van der Waals surface area contributed by atoms with Gasteiger partial charge in [0.05, 0.1) is 0 Å². The first-order chi connectivity index (χ1) is 13.2. The van der Waals surface area contributed by atoms with Crippen LogP contribution in [0.3, 0.4) is 0 Å². The molecule has 0 aliphatic heterocycles. The predicted octanol–water partition coefficient (Wildman–Crippen LogP) is 7.40. The quantitative estimate of drug-likeness (QED) is 0.166. The molecule has 1 N–H and O–H groups in total. The molecule has 0 saturated carbocycles. The van der Waals surface area contributed by atoms with Gasteiger partial charge in [0, 0.05) is 20.0 Å². The Morgan fingerprint density at radius 2 is 0.963 bits per heavy atom. The summed E-state index contributed by atoms with van der Waals surface area (Å²) in [6.45, 7) is 5.33. The van der Waals surface area contributed by atoms with Crippen LogP contribution in [0.4, 0.5) is 0 Å². The molecule has 0 unspecified atom stereocenters. The fourth-order valence-corrected chi connectivity index (χ4v) is 3.67. The van der Waals surface area contributed by atoms with Crippen LogP contribution in [0.2, 0.25) is 0 Å². The molecule has 27 heavy (non-hydrogen) atoms. The first-order valence-electron chi connectivity index (χ1n) is 12.2. The molecule has 0 aliphatic carbocycles. The van der Waals surface area contributed by atoms with Crippen molar-refractivity contribution in [3.63, 3.8) is 0 Å². The summed E-state index contributed by atoms with van der Waals surface area (Å²) in [5.41, 5.74) is 2.93. The summed E-state index contributed by atoms with van der Waals surface area (Å²) in [5, 5.41) is 1.90. The van der Waals surface area contributed by atoms with Gasteiger partial charge < -0.3 is 0 Å². The lowest BCUT2D eigenvalue weighted by Gasteiger charge is -2.16. The largest absolute Gasteiger partial charge is 0.289 e. The van der Waals surface area contributed by atoms with Gasteiger partial charge in [0.1, 0.15) is 0 Å². The molecule has 0 atom stereocenters. The van der Waals surface area contributed by atoms with E-state index in [0.717, 1.165) is 19.4 Å². The van der Waals surface area contributed by atoms with E-state index in [-0.39, 0.29) is 5.91 Å². The number of carbonyl (C=O) groups excluding carboxylic acids is 1. The van der Waals surface area contributed by atoms with Gasteiger partial charge in [0.25, 0.3) is 0 Å². The van der Waals surface area contributed by atoms with E-state index in [0.29, 0.717) is 6.42 Å². The minimum atomic E-state index is 0.173. The monoisotopic (exact) mass is 382 g/mol. The van der Waals surface area contributed by atoms with E-state index in [1.54, 1.807) is 0 Å². The molecule has 0 saturated heterocycles. The second-order valence-electron chi connectivity index (χ2n) is 8.36. The number of unbranched alkanes of at least 4 members (excludes halogenated alkanes) is 16. The van der Waals surface area contributed by atoms with E-state index in [9.17, 15) is 4.79 Å². The summed E-state index contributed by atoms with van der Waals surface area (Å²) in [6, 6.07) is 0. The van der Waals surface area contributed by atoms with E-state index in [1.165, 1.54) is 103 Å². The van der Waals surface area contributed by atoms with Crippen molar-refractivity contribution in [3.05, 3.63) is 0 Å². The van der Waals surface area contributed by atoms with Crippen molar-refractivity contribution in [2.45, 2.75) is 136 Å². The Balaban J connectivity index is 3.13. The van der Waals surface area contributed by atoms with Crippen molar-refractivity contribution < 1.29 is 4.79 Å². The van der Waals surface area contributed by atoms with Gasteiger partial charge in [-0.05, 0) is 12.8 Å². The average molecular weight is 383 g/mol. The summed E-state index contributed by atoms with van der Waals surface area (Å²) >= 11 is 0. The molecular weight excluding hydrogens is 332 g/mol. The normalized spacial score (nSPS) is 11.3. The molecule has 0 bridgehead atoms. The molecule has 0 aliphatic rings.